The molecule has 0 saturated heterocycles. The largest absolute Gasteiger partial charge is 0.345 e. The van der Waals surface area contributed by atoms with Gasteiger partial charge in [0.05, 0.1) is 21.1 Å². The summed E-state index contributed by atoms with van der Waals surface area (Å²) in [5.41, 5.74) is 0. The van der Waals surface area contributed by atoms with Crippen LogP contribution in [0.15, 0.2) is 0 Å². The minimum absolute atomic E-state index is 0. The van der Waals surface area contributed by atoms with Crippen molar-refractivity contribution in [3.8, 4) is 0 Å². The van der Waals surface area contributed by atoms with E-state index in [0.29, 0.717) is 4.48 Å². The number of quaternary nitrogens is 1. The summed E-state index contributed by atoms with van der Waals surface area (Å²) in [6, 6.07) is 0. The van der Waals surface area contributed by atoms with Crippen LogP contribution >= 0.6 is 0 Å². The Morgan fingerprint density at radius 2 is 1.57 bits per heavy atom. The van der Waals surface area contributed by atoms with Crippen molar-refractivity contribution >= 4 is 0 Å². The SMILES string of the molecule is CC(O)[N+](C)(C)C.[HH]. The van der Waals surface area contributed by atoms with Crippen LogP contribution in [-0.4, -0.2) is 37.0 Å². The average Bonchev–Trinajstić information content (AvgIpc) is 1.31. The van der Waals surface area contributed by atoms with Gasteiger partial charge in [0.1, 0.15) is 0 Å². The van der Waals surface area contributed by atoms with Gasteiger partial charge in [-0.15, -0.1) is 0 Å². The van der Waals surface area contributed by atoms with Gasteiger partial charge >= 0.3 is 0 Å². The smallest absolute Gasteiger partial charge is 0.187 e. The van der Waals surface area contributed by atoms with Gasteiger partial charge < -0.3 is 9.59 Å². The molecule has 0 aromatic carbocycles. The van der Waals surface area contributed by atoms with Crippen LogP contribution in [0.1, 0.15) is 8.35 Å². The van der Waals surface area contributed by atoms with Crippen LogP contribution < -0.4 is 0 Å². The molecule has 0 aliphatic heterocycles. The third kappa shape index (κ3) is 2.60. The Kier molecular flexibility index (Phi) is 1.78. The first kappa shape index (κ1) is 6.92. The number of rotatable bonds is 1. The summed E-state index contributed by atoms with van der Waals surface area (Å²) in [5.74, 6) is 0. The van der Waals surface area contributed by atoms with E-state index < -0.39 is 0 Å². The first-order chi connectivity index (χ1) is 2.94. The molecule has 0 aromatic rings. The average molecular weight is 106 g/mol. The zero-order valence-electron chi connectivity index (χ0n) is 5.47. The lowest BCUT2D eigenvalue weighted by Crippen LogP contribution is -2.42. The highest BCUT2D eigenvalue weighted by atomic mass is 16.3. The van der Waals surface area contributed by atoms with Crippen LogP contribution in [0.5, 0.6) is 0 Å². The molecule has 0 bridgehead atoms. The van der Waals surface area contributed by atoms with Crippen LogP contribution in [0, 0.1) is 0 Å². The van der Waals surface area contributed by atoms with E-state index >= 15 is 0 Å². The second-order valence-corrected chi connectivity index (χ2v) is 2.75. The quantitative estimate of drug-likeness (QED) is 0.376. The van der Waals surface area contributed by atoms with Gasteiger partial charge in [0, 0.05) is 8.35 Å². The Bertz CT molecular complexity index is 57.9. The molecular formula is C5H16NO+. The molecule has 7 heavy (non-hydrogen) atoms. The van der Waals surface area contributed by atoms with Crippen molar-refractivity contribution in [2.75, 3.05) is 21.1 Å². The van der Waals surface area contributed by atoms with E-state index in [4.69, 9.17) is 5.11 Å². The van der Waals surface area contributed by atoms with E-state index in [1.54, 1.807) is 6.92 Å². The molecule has 0 radical (unpaired) electrons. The van der Waals surface area contributed by atoms with Gasteiger partial charge in [0.15, 0.2) is 6.23 Å². The zero-order valence-corrected chi connectivity index (χ0v) is 5.47. The number of hydrogen-bond acceptors (Lipinski definition) is 1. The molecule has 0 aliphatic carbocycles. The summed E-state index contributed by atoms with van der Waals surface area (Å²) in [5, 5.41) is 8.86. The maximum atomic E-state index is 8.86. The fraction of sp³-hybridized carbons (Fsp3) is 1.00. The van der Waals surface area contributed by atoms with Gasteiger partial charge in [-0.2, -0.15) is 0 Å². The second-order valence-electron chi connectivity index (χ2n) is 2.75. The predicted octanol–water partition coefficient (Wildman–Crippen LogP) is 0.277. The molecule has 0 aliphatic rings. The van der Waals surface area contributed by atoms with Gasteiger partial charge in [0.25, 0.3) is 0 Å². The standard InChI is InChI=1S/C5H14NO.H2/c1-5(7)6(2,3)4;/h5,7H,1-4H3;1H/q+1;. The van der Waals surface area contributed by atoms with Crippen molar-refractivity contribution < 1.29 is 11.0 Å². The van der Waals surface area contributed by atoms with E-state index in [9.17, 15) is 0 Å². The summed E-state index contributed by atoms with van der Waals surface area (Å²) in [6.45, 7) is 1.78. The second kappa shape index (κ2) is 1.80. The molecule has 0 amide bonds. The van der Waals surface area contributed by atoms with Crippen molar-refractivity contribution in [3.05, 3.63) is 0 Å². The Labute approximate surface area is 46.4 Å². The fourth-order valence-electron chi connectivity index (χ4n) is 0. The lowest BCUT2D eigenvalue weighted by molar-refractivity contribution is -0.916. The third-order valence-corrected chi connectivity index (χ3v) is 1.12. The maximum absolute atomic E-state index is 8.86. The van der Waals surface area contributed by atoms with Crippen LogP contribution in [-0.2, 0) is 0 Å². The molecule has 0 rings (SSSR count). The van der Waals surface area contributed by atoms with Gasteiger partial charge in [-0.1, -0.05) is 0 Å². The molecule has 46 valence electrons. The van der Waals surface area contributed by atoms with Crippen molar-refractivity contribution in [2.24, 2.45) is 0 Å². The van der Waals surface area contributed by atoms with E-state index in [-0.39, 0.29) is 7.65 Å². The molecule has 2 nitrogen and oxygen atoms in total. The molecule has 0 saturated carbocycles. The first-order valence-electron chi connectivity index (χ1n) is 2.44. The fourth-order valence-corrected chi connectivity index (χ4v) is 0. The zero-order chi connectivity index (χ0) is 6.08. The Morgan fingerprint density at radius 3 is 1.57 bits per heavy atom. The lowest BCUT2D eigenvalue weighted by atomic mass is 10.5. The molecule has 2 heteroatoms. The summed E-state index contributed by atoms with van der Waals surface area (Å²) >= 11 is 0. The molecule has 0 heterocycles. The summed E-state index contributed by atoms with van der Waals surface area (Å²) in [7, 11) is 5.85. The predicted molar refractivity (Wildman–Crippen MR) is 31.8 cm³/mol. The van der Waals surface area contributed by atoms with Crippen LogP contribution in [0.3, 0.4) is 0 Å². The van der Waals surface area contributed by atoms with Crippen molar-refractivity contribution in [3.63, 3.8) is 0 Å². The van der Waals surface area contributed by atoms with E-state index in [2.05, 4.69) is 0 Å². The van der Waals surface area contributed by atoms with Gasteiger partial charge in [0.2, 0.25) is 0 Å². The molecule has 0 fully saturated rings. The normalized spacial score (nSPS) is 16.7. The Hall–Kier alpha value is -0.0800. The number of nitrogens with zero attached hydrogens (tertiary/aromatic N) is 1. The number of aliphatic hydroxyl groups is 1. The van der Waals surface area contributed by atoms with Gasteiger partial charge in [-0.3, -0.25) is 0 Å². The monoisotopic (exact) mass is 106 g/mol. The van der Waals surface area contributed by atoms with Crippen LogP contribution in [0.4, 0.5) is 0 Å². The molecule has 1 unspecified atom stereocenters. The van der Waals surface area contributed by atoms with Gasteiger partial charge in [-0.05, 0) is 0 Å². The maximum Gasteiger partial charge on any atom is 0.187 e. The van der Waals surface area contributed by atoms with E-state index in [1.165, 1.54) is 0 Å². The molecule has 1 N–H and O–H groups in total. The molecule has 0 spiro atoms. The van der Waals surface area contributed by atoms with Crippen molar-refractivity contribution in [1.82, 2.24) is 0 Å². The number of aliphatic hydroxyl groups excluding tert-OH is 1. The highest BCUT2D eigenvalue weighted by Gasteiger charge is 2.12. The minimum atomic E-state index is -0.264. The Balaban J connectivity index is 0. The lowest BCUT2D eigenvalue weighted by Gasteiger charge is -2.26. The summed E-state index contributed by atoms with van der Waals surface area (Å²) in [6.07, 6.45) is -0.264. The first-order valence-corrected chi connectivity index (χ1v) is 2.44. The summed E-state index contributed by atoms with van der Waals surface area (Å²) in [4.78, 5) is 0. The van der Waals surface area contributed by atoms with Crippen LogP contribution in [0.25, 0.3) is 0 Å². The molecule has 1 atom stereocenters. The van der Waals surface area contributed by atoms with E-state index in [1.807, 2.05) is 21.1 Å². The number of hydrogen-bond donors (Lipinski definition) is 1. The highest BCUT2D eigenvalue weighted by Crippen LogP contribution is 1.94. The van der Waals surface area contributed by atoms with E-state index in [0.717, 1.165) is 0 Å². The minimum Gasteiger partial charge on any atom is -0.345 e. The van der Waals surface area contributed by atoms with Crippen LogP contribution in [0.2, 0.25) is 0 Å². The molecular weight excluding hydrogens is 90.1 g/mol. The third-order valence-electron chi connectivity index (χ3n) is 1.12. The summed E-state index contributed by atoms with van der Waals surface area (Å²) < 4.78 is 0.611. The van der Waals surface area contributed by atoms with Gasteiger partial charge in [-0.25, -0.2) is 0 Å². The highest BCUT2D eigenvalue weighted by molar-refractivity contribution is 4.18. The van der Waals surface area contributed by atoms with Crippen molar-refractivity contribution in [1.29, 1.82) is 0 Å². The van der Waals surface area contributed by atoms with Crippen molar-refractivity contribution in [2.45, 2.75) is 13.2 Å². The molecule has 0 aromatic heterocycles. The topological polar surface area (TPSA) is 20.2 Å². The Morgan fingerprint density at radius 1 is 1.43 bits per heavy atom.